The molecule has 1 N–H and O–H groups in total. The highest BCUT2D eigenvalue weighted by Crippen LogP contribution is 2.25. The van der Waals surface area contributed by atoms with Gasteiger partial charge in [0.1, 0.15) is 5.75 Å². The predicted molar refractivity (Wildman–Crippen MR) is 88.6 cm³/mol. The molecule has 0 bridgehead atoms. The maximum atomic E-state index is 12.3. The third-order valence-electron chi connectivity index (χ3n) is 2.95. The van der Waals surface area contributed by atoms with Gasteiger partial charge < -0.3 is 4.74 Å². The first-order valence-electron chi connectivity index (χ1n) is 6.73. The number of sulfonamides is 1. The van der Waals surface area contributed by atoms with Crippen LogP contribution in [0.15, 0.2) is 53.4 Å². The molecule has 0 saturated heterocycles. The standard InChI is InChI=1S/C15H12F3NO4S2/c16-15(17,18)23-12-6-4-11(5-7-12)19-25(21,22)13-3-1-2-10(8-13)14(20)9-24/h1-8,19,24H,9H2. The van der Waals surface area contributed by atoms with Gasteiger partial charge in [0.15, 0.2) is 5.78 Å². The SMILES string of the molecule is O=C(CS)c1cccc(S(=O)(=O)Nc2ccc(OC(F)(F)F)cc2)c1. The van der Waals surface area contributed by atoms with Crippen molar-refractivity contribution in [3.05, 3.63) is 54.1 Å². The molecule has 2 rings (SSSR count). The molecular weight excluding hydrogens is 379 g/mol. The van der Waals surface area contributed by atoms with Crippen LogP contribution in [-0.4, -0.2) is 26.3 Å². The number of alkyl halides is 3. The van der Waals surface area contributed by atoms with Gasteiger partial charge in [-0.25, -0.2) is 8.42 Å². The Morgan fingerprint density at radius 2 is 1.76 bits per heavy atom. The zero-order chi connectivity index (χ0) is 18.7. The van der Waals surface area contributed by atoms with Crippen molar-refractivity contribution >= 4 is 34.1 Å². The Balaban J connectivity index is 2.20. The first-order chi connectivity index (χ1) is 11.6. The molecule has 0 spiro atoms. The summed E-state index contributed by atoms with van der Waals surface area (Å²) in [5.41, 5.74) is 0.229. The third-order valence-corrected chi connectivity index (χ3v) is 4.62. The van der Waals surface area contributed by atoms with Crippen LogP contribution in [0.1, 0.15) is 10.4 Å². The maximum Gasteiger partial charge on any atom is 0.573 e. The van der Waals surface area contributed by atoms with Crippen molar-refractivity contribution in [1.29, 1.82) is 0 Å². The van der Waals surface area contributed by atoms with Gasteiger partial charge in [0.25, 0.3) is 10.0 Å². The van der Waals surface area contributed by atoms with Gasteiger partial charge in [-0.1, -0.05) is 12.1 Å². The van der Waals surface area contributed by atoms with Gasteiger partial charge in [0.05, 0.1) is 10.6 Å². The second-order valence-electron chi connectivity index (χ2n) is 4.79. The van der Waals surface area contributed by atoms with Gasteiger partial charge in [-0.15, -0.1) is 13.2 Å². The van der Waals surface area contributed by atoms with E-state index in [1.807, 2.05) is 0 Å². The van der Waals surface area contributed by atoms with Crippen LogP contribution in [0.5, 0.6) is 5.75 Å². The minimum absolute atomic E-state index is 0.0421. The van der Waals surface area contributed by atoms with Crippen molar-refractivity contribution in [3.63, 3.8) is 0 Å². The molecule has 0 aliphatic rings. The molecule has 5 nitrogen and oxygen atoms in total. The maximum absolute atomic E-state index is 12.3. The third kappa shape index (κ3) is 5.40. The monoisotopic (exact) mass is 391 g/mol. The van der Waals surface area contributed by atoms with E-state index in [1.165, 1.54) is 24.3 Å². The lowest BCUT2D eigenvalue weighted by atomic mass is 10.1. The van der Waals surface area contributed by atoms with Crippen molar-refractivity contribution in [2.45, 2.75) is 11.3 Å². The summed E-state index contributed by atoms with van der Waals surface area (Å²) in [6.45, 7) is 0. The Hall–Kier alpha value is -2.20. The van der Waals surface area contributed by atoms with Crippen LogP contribution in [0.3, 0.4) is 0 Å². The second kappa shape index (κ2) is 7.36. The lowest BCUT2D eigenvalue weighted by Gasteiger charge is -2.11. The number of nitrogens with one attached hydrogen (secondary N) is 1. The Morgan fingerprint density at radius 1 is 1.12 bits per heavy atom. The van der Waals surface area contributed by atoms with Crippen molar-refractivity contribution < 1.29 is 31.1 Å². The molecule has 10 heteroatoms. The number of hydrogen-bond donors (Lipinski definition) is 2. The van der Waals surface area contributed by atoms with Crippen LogP contribution in [0, 0.1) is 0 Å². The van der Waals surface area contributed by atoms with E-state index in [9.17, 15) is 26.4 Å². The minimum atomic E-state index is -4.83. The summed E-state index contributed by atoms with van der Waals surface area (Å²) in [7, 11) is -4.02. The fourth-order valence-electron chi connectivity index (χ4n) is 1.87. The minimum Gasteiger partial charge on any atom is -0.406 e. The van der Waals surface area contributed by atoms with Crippen LogP contribution < -0.4 is 9.46 Å². The molecule has 2 aromatic carbocycles. The summed E-state index contributed by atoms with van der Waals surface area (Å²) >= 11 is 3.85. The van der Waals surface area contributed by atoms with E-state index in [4.69, 9.17) is 0 Å². The second-order valence-corrected chi connectivity index (χ2v) is 6.79. The number of ketones is 1. The fourth-order valence-corrected chi connectivity index (χ4v) is 3.15. The normalized spacial score (nSPS) is 11.8. The highest BCUT2D eigenvalue weighted by atomic mass is 32.2. The number of carbonyl (C=O) groups is 1. The number of hydrogen-bond acceptors (Lipinski definition) is 5. The number of rotatable bonds is 6. The molecule has 0 atom stereocenters. The van der Waals surface area contributed by atoms with Crippen LogP contribution in [0.25, 0.3) is 0 Å². The zero-order valence-electron chi connectivity index (χ0n) is 12.4. The van der Waals surface area contributed by atoms with Gasteiger partial charge in [0, 0.05) is 11.3 Å². The number of carbonyl (C=O) groups excluding carboxylic acids is 1. The van der Waals surface area contributed by atoms with E-state index in [0.717, 1.165) is 24.3 Å². The zero-order valence-corrected chi connectivity index (χ0v) is 14.2. The summed E-state index contributed by atoms with van der Waals surface area (Å²) in [5.74, 6) is -0.886. The predicted octanol–water partition coefficient (Wildman–Crippen LogP) is 3.50. The Labute approximate surface area is 147 Å². The first kappa shape index (κ1) is 19.1. The summed E-state index contributed by atoms with van der Waals surface area (Å²) in [6.07, 6.45) is -4.83. The van der Waals surface area contributed by atoms with Crippen molar-refractivity contribution in [2.24, 2.45) is 0 Å². The van der Waals surface area contributed by atoms with Crippen LogP contribution in [-0.2, 0) is 10.0 Å². The number of benzene rings is 2. The molecule has 0 fully saturated rings. The van der Waals surface area contributed by atoms with Gasteiger partial charge in [-0.2, -0.15) is 12.6 Å². The van der Waals surface area contributed by atoms with E-state index in [0.29, 0.717) is 0 Å². The van der Waals surface area contributed by atoms with Crippen molar-refractivity contribution in [2.75, 3.05) is 10.5 Å². The van der Waals surface area contributed by atoms with E-state index < -0.39 is 22.1 Å². The molecule has 25 heavy (non-hydrogen) atoms. The molecule has 2 aromatic rings. The highest BCUT2D eigenvalue weighted by Gasteiger charge is 2.31. The van der Waals surface area contributed by atoms with Gasteiger partial charge in [-0.05, 0) is 36.4 Å². The average molecular weight is 391 g/mol. The van der Waals surface area contributed by atoms with Crippen LogP contribution in [0.4, 0.5) is 18.9 Å². The molecule has 0 aliphatic carbocycles. The molecule has 0 saturated carbocycles. The van der Waals surface area contributed by atoms with Crippen LogP contribution >= 0.6 is 12.6 Å². The molecule has 0 aliphatic heterocycles. The van der Waals surface area contributed by atoms with E-state index in [-0.39, 0.29) is 27.7 Å². The van der Waals surface area contributed by atoms with Gasteiger partial charge in [-0.3, -0.25) is 9.52 Å². The van der Waals surface area contributed by atoms with E-state index in [1.54, 1.807) is 0 Å². The fraction of sp³-hybridized carbons (Fsp3) is 0.133. The van der Waals surface area contributed by atoms with Crippen molar-refractivity contribution in [3.8, 4) is 5.75 Å². The molecule has 0 radical (unpaired) electrons. The summed E-state index contributed by atoms with van der Waals surface area (Å²) in [4.78, 5) is 11.4. The molecule has 0 aromatic heterocycles. The summed E-state index contributed by atoms with van der Waals surface area (Å²) in [6, 6.07) is 9.56. The Morgan fingerprint density at radius 3 is 2.32 bits per heavy atom. The molecule has 0 unspecified atom stereocenters. The lowest BCUT2D eigenvalue weighted by Crippen LogP contribution is -2.17. The highest BCUT2D eigenvalue weighted by molar-refractivity contribution is 7.92. The number of ether oxygens (including phenoxy) is 1. The molecule has 0 heterocycles. The Kier molecular flexibility index (Phi) is 5.63. The number of anilines is 1. The number of thiol groups is 1. The lowest BCUT2D eigenvalue weighted by molar-refractivity contribution is -0.274. The number of Topliss-reactive ketones (excluding diaryl/α,β-unsaturated/α-hetero) is 1. The van der Waals surface area contributed by atoms with Crippen molar-refractivity contribution in [1.82, 2.24) is 0 Å². The number of halogens is 3. The van der Waals surface area contributed by atoms with Gasteiger partial charge in [0.2, 0.25) is 0 Å². The quantitative estimate of drug-likeness (QED) is 0.584. The summed E-state index contributed by atoms with van der Waals surface area (Å²) in [5, 5.41) is 0. The molecular formula is C15H12F3NO4S2. The van der Waals surface area contributed by atoms with Crippen LogP contribution in [0.2, 0.25) is 0 Å². The van der Waals surface area contributed by atoms with E-state index in [2.05, 4.69) is 22.1 Å². The summed E-state index contributed by atoms with van der Waals surface area (Å²) < 4.78 is 66.9. The van der Waals surface area contributed by atoms with E-state index >= 15 is 0 Å². The first-order valence-corrected chi connectivity index (χ1v) is 8.85. The topological polar surface area (TPSA) is 72.5 Å². The largest absolute Gasteiger partial charge is 0.573 e. The molecule has 0 amide bonds. The molecule has 134 valence electrons. The average Bonchev–Trinajstić information content (AvgIpc) is 2.54. The Bertz CT molecular complexity index is 865. The smallest absolute Gasteiger partial charge is 0.406 e. The van der Waals surface area contributed by atoms with Gasteiger partial charge >= 0.3 is 6.36 Å².